The summed E-state index contributed by atoms with van der Waals surface area (Å²) in [6, 6.07) is -0.536. The average Bonchev–Trinajstić information content (AvgIpc) is 3.38. The lowest BCUT2D eigenvalue weighted by molar-refractivity contribution is -0.143. The molecule has 3 N–H and O–H groups in total. The number of carbonyl (C=O) groups excluding carboxylic acids is 2. The average molecular weight is 1020 g/mol. The van der Waals surface area contributed by atoms with Crippen LogP contribution in [0.1, 0.15) is 386 Å². The van der Waals surface area contributed by atoms with Crippen molar-refractivity contribution >= 4 is 11.9 Å². The molecular weight excluding hydrogens is 887 g/mol. The third-order valence-corrected chi connectivity index (χ3v) is 15.9. The summed E-state index contributed by atoms with van der Waals surface area (Å²) in [5.41, 5.74) is 0. The molecule has 6 heteroatoms. The van der Waals surface area contributed by atoms with Gasteiger partial charge in [0.25, 0.3) is 0 Å². The molecule has 430 valence electrons. The maximum Gasteiger partial charge on any atom is 0.305 e. The second kappa shape index (κ2) is 62.4. The highest BCUT2D eigenvalue weighted by atomic mass is 16.5. The monoisotopic (exact) mass is 1020 g/mol. The van der Waals surface area contributed by atoms with Crippen molar-refractivity contribution in [1.29, 1.82) is 0 Å². The van der Waals surface area contributed by atoms with Crippen LogP contribution in [0, 0.1) is 0 Å². The van der Waals surface area contributed by atoms with Gasteiger partial charge in [0.2, 0.25) is 5.91 Å². The molecule has 72 heavy (non-hydrogen) atoms. The van der Waals surface area contributed by atoms with E-state index in [2.05, 4.69) is 19.2 Å². The number of aliphatic hydroxyl groups is 2. The molecule has 0 heterocycles. The maximum atomic E-state index is 12.5. The highest BCUT2D eigenvalue weighted by molar-refractivity contribution is 5.76. The molecular formula is C66H131NO5. The SMILES string of the molecule is CCCCCCCCCCCCCCCC(O)C(CO)NC(=O)CCCCCCCCCCCCCCCCCCCCCCCCCCCCCCCCOC(=O)CCCCCCCCCCCCCC. The van der Waals surface area contributed by atoms with Crippen molar-refractivity contribution in [2.24, 2.45) is 0 Å². The molecule has 0 radical (unpaired) electrons. The van der Waals surface area contributed by atoms with Crippen LogP contribution in [0.4, 0.5) is 0 Å². The molecule has 0 aromatic carbocycles. The van der Waals surface area contributed by atoms with E-state index >= 15 is 0 Å². The van der Waals surface area contributed by atoms with Crippen LogP contribution in [0.5, 0.6) is 0 Å². The van der Waals surface area contributed by atoms with Crippen molar-refractivity contribution in [2.45, 2.75) is 398 Å². The number of hydrogen-bond acceptors (Lipinski definition) is 5. The first kappa shape index (κ1) is 70.9. The van der Waals surface area contributed by atoms with Crippen molar-refractivity contribution in [3.8, 4) is 0 Å². The summed E-state index contributed by atoms with van der Waals surface area (Å²) in [4.78, 5) is 24.5. The van der Waals surface area contributed by atoms with Crippen LogP contribution < -0.4 is 5.32 Å². The van der Waals surface area contributed by atoms with Crippen molar-refractivity contribution < 1.29 is 24.5 Å². The number of aliphatic hydroxyl groups excluding tert-OH is 2. The molecule has 0 aromatic rings. The molecule has 0 rings (SSSR count). The van der Waals surface area contributed by atoms with Gasteiger partial charge in [-0.3, -0.25) is 9.59 Å². The summed E-state index contributed by atoms with van der Waals surface area (Å²) in [6.07, 6.45) is 74.3. The van der Waals surface area contributed by atoms with E-state index in [1.807, 2.05) is 0 Å². The Bertz CT molecular complexity index is 1040. The molecule has 0 spiro atoms. The van der Waals surface area contributed by atoms with Gasteiger partial charge in [0.15, 0.2) is 0 Å². The Morgan fingerprint density at radius 1 is 0.333 bits per heavy atom. The van der Waals surface area contributed by atoms with Crippen molar-refractivity contribution in [2.75, 3.05) is 13.2 Å². The minimum absolute atomic E-state index is 0.0217. The van der Waals surface area contributed by atoms with Crippen molar-refractivity contribution in [3.63, 3.8) is 0 Å². The Hall–Kier alpha value is -1.14. The van der Waals surface area contributed by atoms with E-state index in [4.69, 9.17) is 4.74 Å². The normalized spacial score (nSPS) is 12.4. The summed E-state index contributed by atoms with van der Waals surface area (Å²) >= 11 is 0. The Balaban J connectivity index is 3.30. The Morgan fingerprint density at radius 2 is 0.569 bits per heavy atom. The second-order valence-corrected chi connectivity index (χ2v) is 23.2. The number of ether oxygens (including phenoxy) is 1. The molecule has 0 aliphatic heterocycles. The third kappa shape index (κ3) is 58.1. The van der Waals surface area contributed by atoms with Gasteiger partial charge in [0.1, 0.15) is 0 Å². The summed E-state index contributed by atoms with van der Waals surface area (Å²) in [7, 11) is 0. The molecule has 6 nitrogen and oxygen atoms in total. The molecule has 2 unspecified atom stereocenters. The predicted octanol–water partition coefficient (Wildman–Crippen LogP) is 21.0. The van der Waals surface area contributed by atoms with Crippen LogP contribution >= 0.6 is 0 Å². The summed E-state index contributed by atoms with van der Waals surface area (Å²) in [5, 5.41) is 23.3. The molecule has 0 bridgehead atoms. The summed E-state index contributed by atoms with van der Waals surface area (Å²) in [6.45, 7) is 4.99. The number of unbranched alkanes of at least 4 members (excludes halogenated alkanes) is 52. The van der Waals surface area contributed by atoms with Crippen LogP contribution in [0.15, 0.2) is 0 Å². The fourth-order valence-electron chi connectivity index (χ4n) is 10.8. The zero-order valence-electron chi connectivity index (χ0n) is 49.2. The number of amides is 1. The standard InChI is InChI=1S/C66H131NO5/c1-3-5-7-9-11-13-15-35-38-42-46-50-54-58-64(69)63(62-68)67-65(70)59-55-51-47-43-39-36-33-31-29-27-25-23-21-19-17-18-20-22-24-26-28-30-32-34-37-41-45-49-53-57-61-72-66(71)60-56-52-48-44-40-16-14-12-10-8-6-4-2/h63-64,68-69H,3-62H2,1-2H3,(H,67,70). The highest BCUT2D eigenvalue weighted by Crippen LogP contribution is 2.19. The van der Waals surface area contributed by atoms with E-state index in [-0.39, 0.29) is 18.5 Å². The van der Waals surface area contributed by atoms with Gasteiger partial charge >= 0.3 is 5.97 Å². The first-order valence-corrected chi connectivity index (χ1v) is 33.3. The van der Waals surface area contributed by atoms with E-state index < -0.39 is 12.1 Å². The topological polar surface area (TPSA) is 95.9 Å². The van der Waals surface area contributed by atoms with Gasteiger partial charge in [-0.05, 0) is 25.7 Å². The Morgan fingerprint density at radius 3 is 0.847 bits per heavy atom. The van der Waals surface area contributed by atoms with Crippen LogP contribution in [0.2, 0.25) is 0 Å². The Kier molecular flexibility index (Phi) is 61.4. The van der Waals surface area contributed by atoms with E-state index in [9.17, 15) is 19.8 Å². The zero-order chi connectivity index (χ0) is 52.2. The lowest BCUT2D eigenvalue weighted by Crippen LogP contribution is -2.45. The van der Waals surface area contributed by atoms with Crippen molar-refractivity contribution in [1.82, 2.24) is 5.32 Å². The third-order valence-electron chi connectivity index (χ3n) is 15.9. The molecule has 1 amide bonds. The number of nitrogens with one attached hydrogen (secondary N) is 1. The maximum absolute atomic E-state index is 12.5. The summed E-state index contributed by atoms with van der Waals surface area (Å²) < 4.78 is 5.48. The van der Waals surface area contributed by atoms with Gasteiger partial charge in [-0.25, -0.2) is 0 Å². The quantitative estimate of drug-likeness (QED) is 0.0417. The van der Waals surface area contributed by atoms with E-state index in [1.54, 1.807) is 0 Å². The van der Waals surface area contributed by atoms with Gasteiger partial charge in [-0.15, -0.1) is 0 Å². The first-order valence-electron chi connectivity index (χ1n) is 33.3. The van der Waals surface area contributed by atoms with E-state index in [1.165, 1.54) is 315 Å². The fraction of sp³-hybridized carbons (Fsp3) is 0.970. The lowest BCUT2D eigenvalue weighted by atomic mass is 10.0. The van der Waals surface area contributed by atoms with E-state index in [0.29, 0.717) is 25.9 Å². The van der Waals surface area contributed by atoms with Crippen LogP contribution in [0.3, 0.4) is 0 Å². The minimum Gasteiger partial charge on any atom is -0.466 e. The summed E-state index contributed by atoms with van der Waals surface area (Å²) in [5.74, 6) is -0.00681. The molecule has 0 aliphatic carbocycles. The molecule has 0 saturated carbocycles. The zero-order valence-corrected chi connectivity index (χ0v) is 49.2. The van der Waals surface area contributed by atoms with Gasteiger partial charge in [0.05, 0.1) is 25.4 Å². The minimum atomic E-state index is -0.659. The largest absolute Gasteiger partial charge is 0.466 e. The number of esters is 1. The molecule has 0 fully saturated rings. The Labute approximate surface area is 451 Å². The predicted molar refractivity (Wildman–Crippen MR) is 315 cm³/mol. The number of hydrogen-bond donors (Lipinski definition) is 3. The van der Waals surface area contributed by atoms with Crippen LogP contribution in [-0.2, 0) is 14.3 Å². The second-order valence-electron chi connectivity index (χ2n) is 23.2. The molecule has 0 aliphatic rings. The van der Waals surface area contributed by atoms with E-state index in [0.717, 1.165) is 38.5 Å². The molecule has 0 saturated heterocycles. The number of rotatable bonds is 63. The van der Waals surface area contributed by atoms with Gasteiger partial charge in [0, 0.05) is 12.8 Å². The van der Waals surface area contributed by atoms with Crippen molar-refractivity contribution in [3.05, 3.63) is 0 Å². The first-order chi connectivity index (χ1) is 35.5. The van der Waals surface area contributed by atoms with Crippen LogP contribution in [-0.4, -0.2) is 47.4 Å². The fourth-order valence-corrected chi connectivity index (χ4v) is 10.8. The molecule has 0 aromatic heterocycles. The van der Waals surface area contributed by atoms with Crippen LogP contribution in [0.25, 0.3) is 0 Å². The van der Waals surface area contributed by atoms with Gasteiger partial charge in [-0.2, -0.15) is 0 Å². The highest BCUT2D eigenvalue weighted by Gasteiger charge is 2.20. The van der Waals surface area contributed by atoms with Gasteiger partial charge in [-0.1, -0.05) is 348 Å². The lowest BCUT2D eigenvalue weighted by Gasteiger charge is -2.22. The smallest absolute Gasteiger partial charge is 0.305 e. The molecule has 2 atom stereocenters. The van der Waals surface area contributed by atoms with Gasteiger partial charge < -0.3 is 20.3 Å². The number of carbonyl (C=O) groups is 2.